The number of amides is 1. The molecule has 1 aliphatic heterocycles. The first-order valence-electron chi connectivity index (χ1n) is 14.2. The van der Waals surface area contributed by atoms with Crippen molar-refractivity contribution in [1.29, 1.82) is 0 Å². The minimum atomic E-state index is -4.46. The first kappa shape index (κ1) is 31.8. The van der Waals surface area contributed by atoms with Crippen LogP contribution in [0.4, 0.5) is 25.1 Å². The van der Waals surface area contributed by atoms with Crippen LogP contribution in [0.15, 0.2) is 59.9 Å². The number of methoxy groups -OCH3 is 1. The van der Waals surface area contributed by atoms with Gasteiger partial charge in [-0.25, -0.2) is 36.9 Å². The van der Waals surface area contributed by atoms with E-state index >= 15 is 0 Å². The molecule has 2 aromatic carbocycles. The second-order valence-corrected chi connectivity index (χ2v) is 13.5. The van der Waals surface area contributed by atoms with Crippen molar-refractivity contribution in [2.75, 3.05) is 29.8 Å². The number of pyridine rings is 1. The van der Waals surface area contributed by atoms with Crippen LogP contribution in [-0.4, -0.2) is 72.2 Å². The second-order valence-electron chi connectivity index (χ2n) is 11.9. The maximum Gasteiger partial charge on any atom is 0.410 e. The van der Waals surface area contributed by atoms with Crippen LogP contribution in [0.25, 0.3) is 22.0 Å². The monoisotopic (exact) mass is 640 g/mol. The molecule has 1 saturated heterocycles. The number of ether oxygens (including phenoxy) is 2. The van der Waals surface area contributed by atoms with Crippen molar-refractivity contribution in [3.05, 3.63) is 66.6 Å². The third kappa shape index (κ3) is 6.75. The molecule has 0 spiro atoms. The lowest BCUT2D eigenvalue weighted by atomic mass is 10.0. The Bertz CT molecular complexity index is 1870. The van der Waals surface area contributed by atoms with E-state index in [9.17, 15) is 22.0 Å². The van der Waals surface area contributed by atoms with Crippen molar-refractivity contribution >= 4 is 38.5 Å². The summed E-state index contributed by atoms with van der Waals surface area (Å²) in [7, 11) is -3.13. The highest BCUT2D eigenvalue weighted by molar-refractivity contribution is 7.92. The molecule has 3 heterocycles. The van der Waals surface area contributed by atoms with Gasteiger partial charge in [0, 0.05) is 48.4 Å². The number of rotatable bonds is 6. The molecule has 14 heteroatoms. The Labute approximate surface area is 260 Å². The fraction of sp³-hybridized carbons (Fsp3) is 0.355. The van der Waals surface area contributed by atoms with Gasteiger partial charge in [0.15, 0.2) is 0 Å². The number of anilines is 2. The number of carbonyl (C=O) groups is 1. The van der Waals surface area contributed by atoms with Crippen molar-refractivity contribution in [3.63, 3.8) is 0 Å². The van der Waals surface area contributed by atoms with Gasteiger partial charge < -0.3 is 19.3 Å². The van der Waals surface area contributed by atoms with Crippen LogP contribution >= 0.6 is 0 Å². The Morgan fingerprint density at radius 3 is 2.42 bits per heavy atom. The largest absolute Gasteiger partial charge is 0.480 e. The SMILES string of the molecule is COc1ncc(-c2ccc3ncnc(N4C[C@@H](C)N(C(=O)OC(C)(C)C)C[C@@H]4C)c3c2)cc1NS(=O)(=O)c1ccc(F)cc1F. The molecular weight excluding hydrogens is 606 g/mol. The third-order valence-corrected chi connectivity index (χ3v) is 8.70. The zero-order valence-electron chi connectivity index (χ0n) is 25.7. The van der Waals surface area contributed by atoms with E-state index in [2.05, 4.69) is 24.6 Å². The summed E-state index contributed by atoms with van der Waals surface area (Å²) in [5.41, 5.74) is 1.25. The number of aromatic nitrogens is 3. The fourth-order valence-corrected chi connectivity index (χ4v) is 6.30. The molecule has 11 nitrogen and oxygen atoms in total. The van der Waals surface area contributed by atoms with Gasteiger partial charge in [-0.1, -0.05) is 6.07 Å². The van der Waals surface area contributed by atoms with Crippen LogP contribution in [0, 0.1) is 11.6 Å². The molecule has 4 aromatic rings. The smallest absolute Gasteiger partial charge is 0.410 e. The molecule has 5 rings (SSSR count). The van der Waals surface area contributed by atoms with E-state index in [1.54, 1.807) is 4.90 Å². The van der Waals surface area contributed by atoms with Crippen LogP contribution in [0.3, 0.4) is 0 Å². The van der Waals surface area contributed by atoms with E-state index < -0.39 is 32.2 Å². The fourth-order valence-electron chi connectivity index (χ4n) is 5.19. The van der Waals surface area contributed by atoms with Crippen LogP contribution in [-0.2, 0) is 14.8 Å². The number of benzene rings is 2. The Hall–Kier alpha value is -4.59. The number of nitrogens with one attached hydrogen (secondary N) is 1. The predicted octanol–water partition coefficient (Wildman–Crippen LogP) is 5.61. The van der Waals surface area contributed by atoms with Gasteiger partial charge in [0.1, 0.15) is 40.0 Å². The molecule has 1 N–H and O–H groups in total. The molecule has 238 valence electrons. The minimum absolute atomic E-state index is 0.0379. The summed E-state index contributed by atoms with van der Waals surface area (Å²) in [6.45, 7) is 10.4. The Kier molecular flexibility index (Phi) is 8.53. The number of piperazine rings is 1. The molecule has 1 fully saturated rings. The van der Waals surface area contributed by atoms with Crippen LogP contribution in [0.1, 0.15) is 34.6 Å². The normalized spacial score (nSPS) is 17.3. The average Bonchev–Trinajstić information content (AvgIpc) is 2.96. The molecule has 1 amide bonds. The van der Waals surface area contributed by atoms with E-state index in [-0.39, 0.29) is 29.7 Å². The Morgan fingerprint density at radius 1 is 0.978 bits per heavy atom. The van der Waals surface area contributed by atoms with Crippen molar-refractivity contribution in [2.45, 2.75) is 57.2 Å². The lowest BCUT2D eigenvalue weighted by Crippen LogP contribution is -2.59. The zero-order valence-corrected chi connectivity index (χ0v) is 26.5. The quantitative estimate of drug-likeness (QED) is 0.286. The van der Waals surface area contributed by atoms with E-state index in [0.29, 0.717) is 41.6 Å². The lowest BCUT2D eigenvalue weighted by Gasteiger charge is -2.44. The molecule has 1 aliphatic rings. The number of carbonyl (C=O) groups excluding carboxylic acids is 1. The third-order valence-electron chi connectivity index (χ3n) is 7.31. The number of fused-ring (bicyclic) bond motifs is 1. The van der Waals surface area contributed by atoms with Crippen molar-refractivity contribution in [1.82, 2.24) is 19.9 Å². The standard InChI is InChI=1S/C31H34F2N6O5S/c1-18-16-39(30(40)44-31(3,4)5)19(2)15-38(18)28-23-11-20(7-9-25(23)35-17-36-28)21-12-26(29(43-6)34-14-21)37-45(41,42)27-10-8-22(32)13-24(27)33/h7-14,17-19,37H,15-16H2,1-6H3/t18-,19+/m0/s1. The van der Waals surface area contributed by atoms with Gasteiger partial charge in [-0.3, -0.25) is 4.72 Å². The summed E-state index contributed by atoms with van der Waals surface area (Å²) < 4.78 is 67.0. The number of hydrogen-bond donors (Lipinski definition) is 1. The van der Waals surface area contributed by atoms with Crippen LogP contribution in [0.5, 0.6) is 5.88 Å². The van der Waals surface area contributed by atoms with Crippen LogP contribution < -0.4 is 14.4 Å². The number of halogens is 2. The van der Waals surface area contributed by atoms with E-state index in [1.807, 2.05) is 52.8 Å². The van der Waals surface area contributed by atoms with Crippen molar-refractivity contribution in [3.8, 4) is 17.0 Å². The number of sulfonamides is 1. The maximum atomic E-state index is 14.3. The molecule has 0 saturated carbocycles. The lowest BCUT2D eigenvalue weighted by molar-refractivity contribution is 0.0130. The summed E-state index contributed by atoms with van der Waals surface area (Å²) in [5, 5.41) is 0.742. The molecule has 0 bridgehead atoms. The van der Waals surface area contributed by atoms with Crippen LogP contribution in [0.2, 0.25) is 0 Å². The summed E-state index contributed by atoms with van der Waals surface area (Å²) in [4.78, 5) is 29.3. The van der Waals surface area contributed by atoms with Gasteiger partial charge in [0.05, 0.1) is 12.6 Å². The van der Waals surface area contributed by atoms with Crippen molar-refractivity contribution in [2.24, 2.45) is 0 Å². The summed E-state index contributed by atoms with van der Waals surface area (Å²) in [6, 6.07) is 8.98. The van der Waals surface area contributed by atoms with E-state index in [4.69, 9.17) is 9.47 Å². The zero-order chi connectivity index (χ0) is 32.7. The highest BCUT2D eigenvalue weighted by Crippen LogP contribution is 2.35. The molecule has 0 aliphatic carbocycles. The summed E-state index contributed by atoms with van der Waals surface area (Å²) in [5.74, 6) is -1.50. The Morgan fingerprint density at radius 2 is 1.73 bits per heavy atom. The van der Waals surface area contributed by atoms with Gasteiger partial charge in [-0.05, 0) is 70.5 Å². The van der Waals surface area contributed by atoms with Gasteiger partial charge in [0.2, 0.25) is 5.88 Å². The van der Waals surface area contributed by atoms with Crippen molar-refractivity contribution < 1.29 is 31.5 Å². The average molecular weight is 641 g/mol. The Balaban J connectivity index is 1.48. The van der Waals surface area contributed by atoms with Gasteiger partial charge in [-0.15, -0.1) is 0 Å². The topological polar surface area (TPSA) is 127 Å². The molecule has 2 atom stereocenters. The minimum Gasteiger partial charge on any atom is -0.480 e. The van der Waals surface area contributed by atoms with Gasteiger partial charge in [0.25, 0.3) is 10.0 Å². The second kappa shape index (κ2) is 12.1. The number of nitrogens with zero attached hydrogens (tertiary/aromatic N) is 5. The summed E-state index contributed by atoms with van der Waals surface area (Å²) >= 11 is 0. The molecule has 0 radical (unpaired) electrons. The van der Waals surface area contributed by atoms with Gasteiger partial charge in [-0.2, -0.15) is 0 Å². The van der Waals surface area contributed by atoms with E-state index in [0.717, 1.165) is 17.5 Å². The number of hydrogen-bond acceptors (Lipinski definition) is 9. The van der Waals surface area contributed by atoms with E-state index in [1.165, 1.54) is 25.7 Å². The predicted molar refractivity (Wildman–Crippen MR) is 166 cm³/mol. The molecule has 0 unspecified atom stereocenters. The summed E-state index contributed by atoms with van der Waals surface area (Å²) in [6.07, 6.45) is 2.65. The first-order chi connectivity index (χ1) is 21.2. The highest BCUT2D eigenvalue weighted by Gasteiger charge is 2.35. The first-order valence-corrected chi connectivity index (χ1v) is 15.7. The molecular formula is C31H34F2N6O5S. The van der Waals surface area contributed by atoms with Gasteiger partial charge >= 0.3 is 6.09 Å². The highest BCUT2D eigenvalue weighted by atomic mass is 32.2. The maximum absolute atomic E-state index is 14.3. The molecule has 2 aromatic heterocycles. The molecule has 45 heavy (non-hydrogen) atoms.